The number of anilines is 1. The van der Waals surface area contributed by atoms with Crippen LogP contribution in [0.2, 0.25) is 0 Å². The van der Waals surface area contributed by atoms with E-state index in [2.05, 4.69) is 38.2 Å². The third-order valence-electron chi connectivity index (χ3n) is 4.50. The number of hydrogen-bond donors (Lipinski definition) is 0. The summed E-state index contributed by atoms with van der Waals surface area (Å²) in [6.45, 7) is 5.02. The molecule has 1 fully saturated rings. The van der Waals surface area contributed by atoms with Gasteiger partial charge in [-0.3, -0.25) is 9.48 Å². The molecular weight excluding hydrogens is 338 g/mol. The molecule has 8 nitrogen and oxygen atoms in total. The number of aryl methyl sites for hydroxylation is 2. The van der Waals surface area contributed by atoms with Gasteiger partial charge in [0.1, 0.15) is 17.0 Å². The number of fused-ring (bicyclic) bond motifs is 1. The van der Waals surface area contributed by atoms with E-state index in [1.54, 1.807) is 35.6 Å². The van der Waals surface area contributed by atoms with E-state index in [0.29, 0.717) is 19.5 Å². The summed E-state index contributed by atoms with van der Waals surface area (Å²) in [5.41, 5.74) is 0.832. The molecule has 1 aliphatic heterocycles. The monoisotopic (exact) mass is 357 g/mol. The van der Waals surface area contributed by atoms with Gasteiger partial charge in [-0.2, -0.15) is 0 Å². The van der Waals surface area contributed by atoms with Gasteiger partial charge in [0, 0.05) is 38.1 Å². The molecular formula is C16H19N7OS. The molecule has 3 aromatic rings. The summed E-state index contributed by atoms with van der Waals surface area (Å²) in [5, 5.41) is 8.80. The van der Waals surface area contributed by atoms with E-state index < -0.39 is 0 Å². The summed E-state index contributed by atoms with van der Waals surface area (Å²) >= 11 is 1.68. The predicted octanol–water partition coefficient (Wildman–Crippen LogP) is 1.02. The van der Waals surface area contributed by atoms with Crippen LogP contribution in [0.5, 0.6) is 0 Å². The van der Waals surface area contributed by atoms with Crippen molar-refractivity contribution in [3.63, 3.8) is 0 Å². The fraction of sp³-hybridized carbons (Fsp3) is 0.438. The maximum absolute atomic E-state index is 12.5. The summed E-state index contributed by atoms with van der Waals surface area (Å²) in [7, 11) is 1.80. The molecule has 0 bridgehead atoms. The zero-order valence-corrected chi connectivity index (χ0v) is 15.0. The Morgan fingerprint density at radius 1 is 1.24 bits per heavy atom. The van der Waals surface area contributed by atoms with Crippen molar-refractivity contribution in [2.45, 2.75) is 13.3 Å². The molecule has 0 unspecified atom stereocenters. The minimum Gasteiger partial charge on any atom is -0.352 e. The van der Waals surface area contributed by atoms with Crippen LogP contribution < -0.4 is 4.90 Å². The zero-order valence-electron chi connectivity index (χ0n) is 14.2. The summed E-state index contributed by atoms with van der Waals surface area (Å²) in [6, 6.07) is 2.14. The molecule has 0 N–H and O–H groups in total. The van der Waals surface area contributed by atoms with Crippen LogP contribution in [-0.4, -0.2) is 61.9 Å². The third kappa shape index (κ3) is 3.07. The second-order valence-electron chi connectivity index (χ2n) is 6.17. The van der Waals surface area contributed by atoms with E-state index in [4.69, 9.17) is 0 Å². The Morgan fingerprint density at radius 2 is 2.04 bits per heavy atom. The normalized spacial score (nSPS) is 15.1. The van der Waals surface area contributed by atoms with Gasteiger partial charge in [-0.15, -0.1) is 16.4 Å². The van der Waals surface area contributed by atoms with Crippen molar-refractivity contribution in [3.8, 4) is 0 Å². The van der Waals surface area contributed by atoms with Crippen LogP contribution in [0.15, 0.2) is 18.6 Å². The molecule has 0 aromatic carbocycles. The highest BCUT2D eigenvalue weighted by molar-refractivity contribution is 7.18. The number of thiophene rings is 1. The van der Waals surface area contributed by atoms with Crippen molar-refractivity contribution in [1.82, 2.24) is 29.9 Å². The Bertz CT molecular complexity index is 910. The number of piperazine rings is 1. The molecule has 130 valence electrons. The minimum absolute atomic E-state index is 0.115. The fourth-order valence-corrected chi connectivity index (χ4v) is 3.96. The average molecular weight is 357 g/mol. The van der Waals surface area contributed by atoms with Crippen LogP contribution in [0.3, 0.4) is 0 Å². The van der Waals surface area contributed by atoms with Gasteiger partial charge in [0.15, 0.2) is 0 Å². The Kier molecular flexibility index (Phi) is 4.08. The lowest BCUT2D eigenvalue weighted by atomic mass is 10.2. The molecule has 3 aromatic heterocycles. The van der Waals surface area contributed by atoms with E-state index in [9.17, 15) is 4.79 Å². The number of carbonyl (C=O) groups excluding carboxylic acids is 1. The lowest BCUT2D eigenvalue weighted by Crippen LogP contribution is -2.49. The summed E-state index contributed by atoms with van der Waals surface area (Å²) in [6.07, 6.45) is 3.61. The Hall–Kier alpha value is -2.55. The predicted molar refractivity (Wildman–Crippen MR) is 95.7 cm³/mol. The zero-order chi connectivity index (χ0) is 17.4. The number of aromatic nitrogens is 5. The molecule has 1 saturated heterocycles. The lowest BCUT2D eigenvalue weighted by molar-refractivity contribution is -0.130. The first-order chi connectivity index (χ1) is 12.1. The second kappa shape index (κ2) is 6.40. The molecule has 0 aliphatic carbocycles. The molecule has 25 heavy (non-hydrogen) atoms. The third-order valence-corrected chi connectivity index (χ3v) is 5.46. The van der Waals surface area contributed by atoms with Gasteiger partial charge < -0.3 is 9.80 Å². The first-order valence-electron chi connectivity index (χ1n) is 8.19. The Morgan fingerprint density at radius 3 is 2.76 bits per heavy atom. The Labute approximate surface area is 149 Å². The van der Waals surface area contributed by atoms with Crippen molar-refractivity contribution >= 4 is 33.3 Å². The quantitative estimate of drug-likeness (QED) is 0.696. The van der Waals surface area contributed by atoms with Crippen molar-refractivity contribution in [1.29, 1.82) is 0 Å². The highest BCUT2D eigenvalue weighted by Crippen LogP contribution is 2.30. The summed E-state index contributed by atoms with van der Waals surface area (Å²) in [5.74, 6) is 1.08. The van der Waals surface area contributed by atoms with E-state index >= 15 is 0 Å². The molecule has 0 saturated carbocycles. The lowest BCUT2D eigenvalue weighted by Gasteiger charge is -2.35. The van der Waals surface area contributed by atoms with Gasteiger partial charge in [-0.05, 0) is 13.0 Å². The molecule has 1 amide bonds. The summed E-state index contributed by atoms with van der Waals surface area (Å²) in [4.78, 5) is 27.7. The SMILES string of the molecule is Cc1cc2c(N3CCN(C(=O)Cc4cnnn4C)CC3)ncnc2s1. The van der Waals surface area contributed by atoms with Gasteiger partial charge in [-0.1, -0.05) is 5.21 Å². The number of amides is 1. The van der Waals surface area contributed by atoms with Crippen LogP contribution in [-0.2, 0) is 18.3 Å². The van der Waals surface area contributed by atoms with Gasteiger partial charge in [0.05, 0.1) is 23.7 Å². The standard InChI is InChI=1S/C16H19N7OS/c1-11-7-13-15(17-10-18-16(13)25-11)23-5-3-22(4-6-23)14(24)8-12-9-19-20-21(12)2/h7,9-10H,3-6,8H2,1-2H3. The van der Waals surface area contributed by atoms with Crippen LogP contribution in [0.4, 0.5) is 5.82 Å². The largest absolute Gasteiger partial charge is 0.352 e. The molecule has 4 heterocycles. The summed E-state index contributed by atoms with van der Waals surface area (Å²) < 4.78 is 1.64. The highest BCUT2D eigenvalue weighted by Gasteiger charge is 2.24. The minimum atomic E-state index is 0.115. The van der Waals surface area contributed by atoms with Crippen LogP contribution in [0, 0.1) is 6.92 Å². The smallest absolute Gasteiger partial charge is 0.228 e. The van der Waals surface area contributed by atoms with Gasteiger partial charge >= 0.3 is 0 Å². The second-order valence-corrected chi connectivity index (χ2v) is 7.40. The number of carbonyl (C=O) groups is 1. The molecule has 0 radical (unpaired) electrons. The molecule has 1 aliphatic rings. The van der Waals surface area contributed by atoms with E-state index in [1.807, 2.05) is 4.90 Å². The number of hydrogen-bond acceptors (Lipinski definition) is 7. The van der Waals surface area contributed by atoms with Crippen molar-refractivity contribution in [3.05, 3.63) is 29.2 Å². The first-order valence-corrected chi connectivity index (χ1v) is 9.01. The maximum atomic E-state index is 12.5. The van der Waals surface area contributed by atoms with Crippen LogP contribution >= 0.6 is 11.3 Å². The molecule has 0 spiro atoms. The van der Waals surface area contributed by atoms with Crippen molar-refractivity contribution in [2.24, 2.45) is 7.05 Å². The fourth-order valence-electron chi connectivity index (χ4n) is 3.12. The topological polar surface area (TPSA) is 80.0 Å². The maximum Gasteiger partial charge on any atom is 0.228 e. The van der Waals surface area contributed by atoms with E-state index in [-0.39, 0.29) is 5.91 Å². The number of rotatable bonds is 3. The van der Waals surface area contributed by atoms with E-state index in [1.165, 1.54) is 4.88 Å². The van der Waals surface area contributed by atoms with Gasteiger partial charge in [0.2, 0.25) is 5.91 Å². The van der Waals surface area contributed by atoms with E-state index in [0.717, 1.165) is 34.8 Å². The first kappa shape index (κ1) is 15.9. The number of nitrogens with zero attached hydrogens (tertiary/aromatic N) is 7. The van der Waals surface area contributed by atoms with Crippen LogP contribution in [0.1, 0.15) is 10.6 Å². The molecule has 4 rings (SSSR count). The highest BCUT2D eigenvalue weighted by atomic mass is 32.1. The molecule has 9 heteroatoms. The Balaban J connectivity index is 1.44. The average Bonchev–Trinajstić information content (AvgIpc) is 3.19. The van der Waals surface area contributed by atoms with Crippen molar-refractivity contribution < 1.29 is 4.79 Å². The molecule has 0 atom stereocenters. The van der Waals surface area contributed by atoms with Gasteiger partial charge in [0.25, 0.3) is 0 Å². The van der Waals surface area contributed by atoms with Crippen LogP contribution in [0.25, 0.3) is 10.2 Å². The van der Waals surface area contributed by atoms with Crippen molar-refractivity contribution in [2.75, 3.05) is 31.1 Å². The van der Waals surface area contributed by atoms with Gasteiger partial charge in [-0.25, -0.2) is 9.97 Å².